The number of thiazole rings is 1. The summed E-state index contributed by atoms with van der Waals surface area (Å²) < 4.78 is 29.7. The molecule has 0 aliphatic rings. The fourth-order valence-corrected chi connectivity index (χ4v) is 2.06. The molecule has 1 aromatic carbocycles. The molecular weight excluding hydrogens is 232 g/mol. The van der Waals surface area contributed by atoms with E-state index in [0.29, 0.717) is 0 Å². The van der Waals surface area contributed by atoms with Crippen molar-refractivity contribution in [3.8, 4) is 16.2 Å². The molecule has 1 aromatic heterocycles. The van der Waals surface area contributed by atoms with Gasteiger partial charge in [-0.1, -0.05) is 0 Å². The van der Waals surface area contributed by atoms with E-state index in [1.807, 2.05) is 12.1 Å². The van der Waals surface area contributed by atoms with Gasteiger partial charge < -0.3 is 4.74 Å². The minimum Gasteiger partial charge on any atom is -0.497 e. The second-order valence-electron chi connectivity index (χ2n) is 3.09. The summed E-state index contributed by atoms with van der Waals surface area (Å²) in [6.07, 6.45) is -1.04. The zero-order chi connectivity index (χ0) is 11.5. The monoisotopic (exact) mass is 241 g/mol. The molecule has 16 heavy (non-hydrogen) atoms. The first-order valence-electron chi connectivity index (χ1n) is 4.59. The van der Waals surface area contributed by atoms with E-state index < -0.39 is 6.43 Å². The molecular formula is C11H9F2NOS. The lowest BCUT2D eigenvalue weighted by Crippen LogP contribution is -1.81. The first-order chi connectivity index (χ1) is 7.70. The molecule has 0 atom stereocenters. The van der Waals surface area contributed by atoms with Crippen LogP contribution in [0, 0.1) is 0 Å². The Bertz CT molecular complexity index is 467. The highest BCUT2D eigenvalue weighted by Gasteiger charge is 2.12. The van der Waals surface area contributed by atoms with Gasteiger partial charge in [0.1, 0.15) is 5.75 Å². The van der Waals surface area contributed by atoms with Crippen molar-refractivity contribution in [1.29, 1.82) is 0 Å². The predicted molar refractivity (Wildman–Crippen MR) is 59.1 cm³/mol. The number of ether oxygens (including phenoxy) is 1. The van der Waals surface area contributed by atoms with Gasteiger partial charge in [-0.05, 0) is 29.8 Å². The Morgan fingerprint density at radius 3 is 2.44 bits per heavy atom. The average molecular weight is 241 g/mol. The molecule has 0 saturated heterocycles. The number of aromatic nitrogens is 1. The van der Waals surface area contributed by atoms with Crippen molar-refractivity contribution in [2.45, 2.75) is 6.43 Å². The maximum Gasteiger partial charge on any atom is 0.289 e. The molecule has 5 heteroatoms. The fraction of sp³-hybridized carbons (Fsp3) is 0.182. The Balaban J connectivity index is 2.28. The predicted octanol–water partition coefficient (Wildman–Crippen LogP) is 3.76. The highest BCUT2D eigenvalue weighted by atomic mass is 32.1. The molecule has 0 radical (unpaired) electrons. The number of methoxy groups -OCH3 is 1. The topological polar surface area (TPSA) is 22.1 Å². The second kappa shape index (κ2) is 4.57. The van der Waals surface area contributed by atoms with Gasteiger partial charge in [0.15, 0.2) is 5.01 Å². The lowest BCUT2D eigenvalue weighted by molar-refractivity contribution is 0.151. The molecule has 2 aromatic rings. The molecule has 0 N–H and O–H groups in total. The highest BCUT2D eigenvalue weighted by molar-refractivity contribution is 7.15. The summed E-state index contributed by atoms with van der Waals surface area (Å²) in [5.74, 6) is 0.738. The molecule has 0 fully saturated rings. The summed E-state index contributed by atoms with van der Waals surface area (Å²) in [6, 6.07) is 7.22. The number of benzene rings is 1. The van der Waals surface area contributed by atoms with Gasteiger partial charge in [0.25, 0.3) is 6.43 Å². The molecule has 0 unspecified atom stereocenters. The molecule has 2 nitrogen and oxygen atoms in total. The van der Waals surface area contributed by atoms with Crippen molar-refractivity contribution in [3.05, 3.63) is 35.5 Å². The van der Waals surface area contributed by atoms with Crippen molar-refractivity contribution in [1.82, 2.24) is 4.98 Å². The van der Waals surface area contributed by atoms with E-state index in [2.05, 4.69) is 4.98 Å². The minimum atomic E-state index is -2.50. The normalized spacial score (nSPS) is 10.8. The smallest absolute Gasteiger partial charge is 0.289 e. The van der Waals surface area contributed by atoms with Crippen LogP contribution in [0.1, 0.15) is 11.4 Å². The van der Waals surface area contributed by atoms with Crippen LogP contribution in [0.2, 0.25) is 0 Å². The van der Waals surface area contributed by atoms with E-state index in [-0.39, 0.29) is 5.01 Å². The summed E-state index contributed by atoms with van der Waals surface area (Å²) in [4.78, 5) is 4.41. The Hall–Kier alpha value is -1.49. The number of hydrogen-bond acceptors (Lipinski definition) is 3. The Morgan fingerprint density at radius 2 is 1.94 bits per heavy atom. The van der Waals surface area contributed by atoms with Crippen molar-refractivity contribution >= 4 is 11.3 Å². The van der Waals surface area contributed by atoms with Crippen LogP contribution in [-0.2, 0) is 0 Å². The van der Waals surface area contributed by atoms with E-state index in [4.69, 9.17) is 4.74 Å². The lowest BCUT2D eigenvalue weighted by Gasteiger charge is -2.00. The standard InChI is InChI=1S/C11H9F2NOS/c1-15-8-4-2-7(3-5-8)9-6-14-11(16-9)10(12)13/h2-6,10H,1H3. The number of alkyl halides is 2. The molecule has 0 aliphatic carbocycles. The van der Waals surface area contributed by atoms with Gasteiger partial charge in [-0.2, -0.15) is 0 Å². The van der Waals surface area contributed by atoms with Gasteiger partial charge >= 0.3 is 0 Å². The zero-order valence-electron chi connectivity index (χ0n) is 8.48. The summed E-state index contributed by atoms with van der Waals surface area (Å²) >= 11 is 1.01. The van der Waals surface area contributed by atoms with Crippen LogP contribution in [0.15, 0.2) is 30.5 Å². The van der Waals surface area contributed by atoms with E-state index in [0.717, 1.165) is 27.5 Å². The molecule has 84 valence electrons. The van der Waals surface area contributed by atoms with Crippen LogP contribution in [0.3, 0.4) is 0 Å². The van der Waals surface area contributed by atoms with E-state index >= 15 is 0 Å². The second-order valence-corrected chi connectivity index (χ2v) is 4.15. The minimum absolute atomic E-state index is 0.147. The molecule has 0 saturated carbocycles. The average Bonchev–Trinajstić information content (AvgIpc) is 2.78. The third kappa shape index (κ3) is 2.19. The maximum absolute atomic E-state index is 12.3. The molecule has 2 rings (SSSR count). The van der Waals surface area contributed by atoms with Crippen molar-refractivity contribution < 1.29 is 13.5 Å². The number of rotatable bonds is 3. The number of halogens is 2. The Kier molecular flexibility index (Phi) is 3.14. The van der Waals surface area contributed by atoms with E-state index in [1.54, 1.807) is 19.2 Å². The highest BCUT2D eigenvalue weighted by Crippen LogP contribution is 2.31. The Labute approximate surface area is 95.5 Å². The van der Waals surface area contributed by atoms with Crippen molar-refractivity contribution in [2.75, 3.05) is 7.11 Å². The van der Waals surface area contributed by atoms with Gasteiger partial charge in [-0.3, -0.25) is 0 Å². The first-order valence-corrected chi connectivity index (χ1v) is 5.40. The largest absolute Gasteiger partial charge is 0.497 e. The van der Waals surface area contributed by atoms with Gasteiger partial charge in [0, 0.05) is 6.20 Å². The summed E-state index contributed by atoms with van der Waals surface area (Å²) in [7, 11) is 1.58. The van der Waals surface area contributed by atoms with Crippen molar-refractivity contribution in [2.24, 2.45) is 0 Å². The summed E-state index contributed by atoms with van der Waals surface area (Å²) in [5, 5.41) is -0.147. The zero-order valence-corrected chi connectivity index (χ0v) is 9.30. The Morgan fingerprint density at radius 1 is 1.25 bits per heavy atom. The van der Waals surface area contributed by atoms with Crippen LogP contribution >= 0.6 is 11.3 Å². The van der Waals surface area contributed by atoms with Crippen LogP contribution in [-0.4, -0.2) is 12.1 Å². The first kappa shape index (κ1) is 11.0. The molecule has 0 aliphatic heterocycles. The molecule has 0 bridgehead atoms. The summed E-state index contributed by atoms with van der Waals surface area (Å²) in [5.41, 5.74) is 0.866. The molecule has 1 heterocycles. The summed E-state index contributed by atoms with van der Waals surface area (Å²) in [6.45, 7) is 0. The van der Waals surface area contributed by atoms with Crippen LogP contribution in [0.5, 0.6) is 5.75 Å². The third-order valence-corrected chi connectivity index (χ3v) is 3.14. The molecule has 0 spiro atoms. The van der Waals surface area contributed by atoms with Crippen LogP contribution in [0.4, 0.5) is 8.78 Å². The van der Waals surface area contributed by atoms with Gasteiger partial charge in [-0.15, -0.1) is 11.3 Å². The third-order valence-electron chi connectivity index (χ3n) is 2.08. The lowest BCUT2D eigenvalue weighted by atomic mass is 10.2. The van der Waals surface area contributed by atoms with Crippen LogP contribution < -0.4 is 4.74 Å². The fourth-order valence-electron chi connectivity index (χ4n) is 1.28. The number of nitrogens with zero attached hydrogens (tertiary/aromatic N) is 1. The SMILES string of the molecule is COc1ccc(-c2cnc(C(F)F)s2)cc1. The van der Waals surface area contributed by atoms with Gasteiger partial charge in [0.05, 0.1) is 12.0 Å². The van der Waals surface area contributed by atoms with E-state index in [1.165, 1.54) is 6.20 Å². The van der Waals surface area contributed by atoms with E-state index in [9.17, 15) is 8.78 Å². The van der Waals surface area contributed by atoms with Crippen LogP contribution in [0.25, 0.3) is 10.4 Å². The van der Waals surface area contributed by atoms with Crippen molar-refractivity contribution in [3.63, 3.8) is 0 Å². The maximum atomic E-state index is 12.3. The van der Waals surface area contributed by atoms with Gasteiger partial charge in [0.2, 0.25) is 0 Å². The van der Waals surface area contributed by atoms with Gasteiger partial charge in [-0.25, -0.2) is 13.8 Å². The molecule has 0 amide bonds. The quantitative estimate of drug-likeness (QED) is 0.816. The number of hydrogen-bond donors (Lipinski definition) is 0.